The van der Waals surface area contributed by atoms with E-state index >= 15 is 0 Å². The lowest BCUT2D eigenvalue weighted by atomic mass is 10.1. The van der Waals surface area contributed by atoms with E-state index in [9.17, 15) is 4.79 Å². The minimum Gasteiger partial charge on any atom is -0.480 e. The third-order valence-electron chi connectivity index (χ3n) is 2.04. The van der Waals surface area contributed by atoms with E-state index in [1.807, 2.05) is 0 Å². The first-order valence-corrected chi connectivity index (χ1v) is 4.94. The van der Waals surface area contributed by atoms with Crippen LogP contribution < -0.4 is 0 Å². The zero-order valence-corrected chi connectivity index (χ0v) is 9.12. The number of ether oxygens (including phenoxy) is 1. The normalized spacial score (nSPS) is 10.3. The molecule has 0 heterocycles. The van der Waals surface area contributed by atoms with Crippen molar-refractivity contribution in [2.24, 2.45) is 0 Å². The average molecular weight is 208 g/mol. The number of aryl methyl sites for hydroxylation is 2. The molecule has 0 aliphatic heterocycles. The molecule has 0 atom stereocenters. The Kier molecular flexibility index (Phi) is 4.31. The van der Waals surface area contributed by atoms with Crippen molar-refractivity contribution in [3.05, 3.63) is 34.9 Å². The van der Waals surface area contributed by atoms with Gasteiger partial charge in [0.2, 0.25) is 0 Å². The number of carboxylic acids is 1. The number of hydrogen-bond acceptors (Lipinski definition) is 2. The molecule has 82 valence electrons. The summed E-state index contributed by atoms with van der Waals surface area (Å²) in [4.78, 5) is 10.2. The van der Waals surface area contributed by atoms with Gasteiger partial charge in [-0.3, -0.25) is 0 Å². The van der Waals surface area contributed by atoms with Crippen molar-refractivity contribution < 1.29 is 14.6 Å². The summed E-state index contributed by atoms with van der Waals surface area (Å²) in [6, 6.07) is 6.30. The van der Waals surface area contributed by atoms with E-state index < -0.39 is 5.97 Å². The van der Waals surface area contributed by atoms with Gasteiger partial charge in [-0.05, 0) is 25.8 Å². The largest absolute Gasteiger partial charge is 0.480 e. The first kappa shape index (κ1) is 11.7. The number of aliphatic carboxylic acids is 1. The van der Waals surface area contributed by atoms with Gasteiger partial charge in [0.05, 0.1) is 6.61 Å². The van der Waals surface area contributed by atoms with E-state index in [0.717, 1.165) is 6.42 Å². The topological polar surface area (TPSA) is 46.5 Å². The summed E-state index contributed by atoms with van der Waals surface area (Å²) in [5.41, 5.74) is 3.64. The standard InChI is InChI=1S/C12H16O3/c1-9-5-10(2)7-11(6-9)3-4-15-8-12(13)14/h5-7H,3-4,8H2,1-2H3,(H,13,14). The van der Waals surface area contributed by atoms with E-state index in [-0.39, 0.29) is 6.61 Å². The van der Waals surface area contributed by atoms with Crippen molar-refractivity contribution in [1.82, 2.24) is 0 Å². The van der Waals surface area contributed by atoms with Gasteiger partial charge in [0, 0.05) is 0 Å². The second-order valence-electron chi connectivity index (χ2n) is 3.69. The molecule has 0 unspecified atom stereocenters. The van der Waals surface area contributed by atoms with Crippen molar-refractivity contribution in [1.29, 1.82) is 0 Å². The Balaban J connectivity index is 2.40. The summed E-state index contributed by atoms with van der Waals surface area (Å²) in [5.74, 6) is -0.921. The van der Waals surface area contributed by atoms with Gasteiger partial charge in [-0.15, -0.1) is 0 Å². The van der Waals surface area contributed by atoms with Crippen LogP contribution in [-0.2, 0) is 16.0 Å². The van der Waals surface area contributed by atoms with Crippen LogP contribution in [0.1, 0.15) is 16.7 Å². The van der Waals surface area contributed by atoms with Crippen molar-refractivity contribution in [3.8, 4) is 0 Å². The Labute approximate surface area is 89.7 Å². The lowest BCUT2D eigenvalue weighted by Crippen LogP contribution is -2.09. The van der Waals surface area contributed by atoms with Crippen LogP contribution in [0.25, 0.3) is 0 Å². The van der Waals surface area contributed by atoms with Gasteiger partial charge < -0.3 is 9.84 Å². The van der Waals surface area contributed by atoms with Gasteiger partial charge in [-0.25, -0.2) is 4.79 Å². The van der Waals surface area contributed by atoms with E-state index in [1.54, 1.807) is 0 Å². The molecule has 0 radical (unpaired) electrons. The Morgan fingerprint density at radius 1 is 1.27 bits per heavy atom. The monoisotopic (exact) mass is 208 g/mol. The molecule has 1 aromatic carbocycles. The zero-order chi connectivity index (χ0) is 11.3. The van der Waals surface area contributed by atoms with E-state index in [0.29, 0.717) is 6.61 Å². The molecule has 0 saturated heterocycles. The number of carboxylic acid groups (broad SMARTS) is 1. The second kappa shape index (κ2) is 5.51. The minimum absolute atomic E-state index is 0.217. The molecule has 3 nitrogen and oxygen atoms in total. The molecule has 0 amide bonds. The number of benzene rings is 1. The van der Waals surface area contributed by atoms with E-state index in [2.05, 4.69) is 32.0 Å². The van der Waals surface area contributed by atoms with Gasteiger partial charge in [0.25, 0.3) is 0 Å². The maximum Gasteiger partial charge on any atom is 0.329 e. The molecule has 0 bridgehead atoms. The molecule has 0 fully saturated rings. The molecule has 3 heteroatoms. The minimum atomic E-state index is -0.921. The number of carbonyl (C=O) groups is 1. The predicted molar refractivity (Wildman–Crippen MR) is 58.1 cm³/mol. The molecule has 0 saturated carbocycles. The van der Waals surface area contributed by atoms with Crippen LogP contribution in [0.2, 0.25) is 0 Å². The van der Waals surface area contributed by atoms with Crippen molar-refractivity contribution in [2.75, 3.05) is 13.2 Å². The molecular formula is C12H16O3. The van der Waals surface area contributed by atoms with Crippen LogP contribution >= 0.6 is 0 Å². The lowest BCUT2D eigenvalue weighted by Gasteiger charge is -2.05. The van der Waals surface area contributed by atoms with Gasteiger partial charge >= 0.3 is 5.97 Å². The zero-order valence-electron chi connectivity index (χ0n) is 9.12. The van der Waals surface area contributed by atoms with Crippen molar-refractivity contribution >= 4 is 5.97 Å². The maximum absolute atomic E-state index is 10.2. The molecule has 0 aromatic heterocycles. The smallest absolute Gasteiger partial charge is 0.329 e. The fraction of sp³-hybridized carbons (Fsp3) is 0.417. The molecule has 1 aromatic rings. The van der Waals surface area contributed by atoms with Crippen LogP contribution in [0.4, 0.5) is 0 Å². The summed E-state index contributed by atoms with van der Waals surface area (Å²) < 4.78 is 4.98. The van der Waals surface area contributed by atoms with Crippen LogP contribution in [0, 0.1) is 13.8 Å². The first-order chi connectivity index (χ1) is 7.08. The quantitative estimate of drug-likeness (QED) is 0.752. The van der Waals surface area contributed by atoms with E-state index in [1.165, 1.54) is 16.7 Å². The average Bonchev–Trinajstić information content (AvgIpc) is 2.10. The molecular weight excluding hydrogens is 192 g/mol. The molecule has 0 spiro atoms. The van der Waals surface area contributed by atoms with Gasteiger partial charge in [-0.1, -0.05) is 29.3 Å². The third kappa shape index (κ3) is 4.61. The molecule has 0 aliphatic carbocycles. The van der Waals surface area contributed by atoms with Crippen molar-refractivity contribution in [3.63, 3.8) is 0 Å². The highest BCUT2D eigenvalue weighted by Crippen LogP contribution is 2.09. The van der Waals surface area contributed by atoms with Crippen LogP contribution in [0.15, 0.2) is 18.2 Å². The highest BCUT2D eigenvalue weighted by Gasteiger charge is 1.98. The Morgan fingerprint density at radius 2 is 1.87 bits per heavy atom. The molecule has 1 rings (SSSR count). The SMILES string of the molecule is Cc1cc(C)cc(CCOCC(=O)O)c1. The fourth-order valence-corrected chi connectivity index (χ4v) is 1.56. The molecule has 15 heavy (non-hydrogen) atoms. The van der Waals surface area contributed by atoms with Crippen LogP contribution in [0.5, 0.6) is 0 Å². The summed E-state index contributed by atoms with van der Waals surface area (Å²) in [7, 11) is 0. The lowest BCUT2D eigenvalue weighted by molar-refractivity contribution is -0.142. The van der Waals surface area contributed by atoms with Crippen LogP contribution in [-0.4, -0.2) is 24.3 Å². The summed E-state index contributed by atoms with van der Waals surface area (Å²) >= 11 is 0. The first-order valence-electron chi connectivity index (χ1n) is 4.94. The van der Waals surface area contributed by atoms with E-state index in [4.69, 9.17) is 9.84 Å². The van der Waals surface area contributed by atoms with Gasteiger partial charge in [0.1, 0.15) is 6.61 Å². The van der Waals surface area contributed by atoms with Gasteiger partial charge in [-0.2, -0.15) is 0 Å². The second-order valence-corrected chi connectivity index (χ2v) is 3.69. The molecule has 0 aliphatic rings. The maximum atomic E-state index is 10.2. The summed E-state index contributed by atoms with van der Waals surface area (Å²) in [6.45, 7) is 4.34. The Hall–Kier alpha value is -1.35. The number of hydrogen-bond donors (Lipinski definition) is 1. The number of rotatable bonds is 5. The predicted octanol–water partition coefficient (Wildman–Crippen LogP) is 1.95. The Morgan fingerprint density at radius 3 is 2.40 bits per heavy atom. The highest BCUT2D eigenvalue weighted by atomic mass is 16.5. The van der Waals surface area contributed by atoms with Gasteiger partial charge in [0.15, 0.2) is 0 Å². The summed E-state index contributed by atoms with van der Waals surface area (Å²) in [6.07, 6.45) is 0.760. The highest BCUT2D eigenvalue weighted by molar-refractivity contribution is 5.67. The summed E-state index contributed by atoms with van der Waals surface area (Å²) in [5, 5.41) is 8.37. The molecule has 1 N–H and O–H groups in total. The Bertz CT molecular complexity index is 324. The fourth-order valence-electron chi connectivity index (χ4n) is 1.56. The third-order valence-corrected chi connectivity index (χ3v) is 2.04. The van der Waals surface area contributed by atoms with Crippen LogP contribution in [0.3, 0.4) is 0 Å². The van der Waals surface area contributed by atoms with Crippen molar-refractivity contribution in [2.45, 2.75) is 20.3 Å².